The van der Waals surface area contributed by atoms with E-state index in [4.69, 9.17) is 0 Å². The summed E-state index contributed by atoms with van der Waals surface area (Å²) in [5, 5.41) is 7.07. The summed E-state index contributed by atoms with van der Waals surface area (Å²) in [5.41, 5.74) is 1.77. The first-order chi connectivity index (χ1) is 10.7. The predicted octanol–water partition coefficient (Wildman–Crippen LogP) is 1.58. The first-order valence-corrected chi connectivity index (χ1v) is 7.72. The van der Waals surface area contributed by atoms with Gasteiger partial charge in [-0.15, -0.1) is 0 Å². The monoisotopic (exact) mass is 300 g/mol. The highest BCUT2D eigenvalue weighted by molar-refractivity contribution is 5.90. The van der Waals surface area contributed by atoms with Crippen LogP contribution in [0.4, 0.5) is 5.69 Å². The Morgan fingerprint density at radius 1 is 1.27 bits per heavy atom. The van der Waals surface area contributed by atoms with Crippen LogP contribution in [0.1, 0.15) is 31.2 Å². The number of carbonyl (C=O) groups is 1. The van der Waals surface area contributed by atoms with E-state index < -0.39 is 0 Å². The van der Waals surface area contributed by atoms with E-state index >= 15 is 0 Å². The second-order valence-electron chi connectivity index (χ2n) is 5.56. The van der Waals surface area contributed by atoms with Crippen LogP contribution in [-0.2, 0) is 30.7 Å². The fourth-order valence-electron chi connectivity index (χ4n) is 2.71. The van der Waals surface area contributed by atoms with Crippen molar-refractivity contribution in [2.24, 2.45) is 0 Å². The van der Waals surface area contributed by atoms with Gasteiger partial charge in [0.2, 0.25) is 5.91 Å². The molecule has 0 fully saturated rings. The standard InChI is InChI=1S/C16H20N4O2/c1-2-12-6-8-13(9-7-12)17-15(21)11-20-16(22)19-10-4-3-5-14(19)18-20/h6-9H,2-5,10-11H2,1H3,(H,17,21). The van der Waals surface area contributed by atoms with Crippen molar-refractivity contribution in [3.05, 3.63) is 46.1 Å². The van der Waals surface area contributed by atoms with Gasteiger partial charge in [0.25, 0.3) is 0 Å². The van der Waals surface area contributed by atoms with Gasteiger partial charge in [-0.2, -0.15) is 5.10 Å². The minimum absolute atomic E-state index is 0.0473. The molecule has 22 heavy (non-hydrogen) atoms. The highest BCUT2D eigenvalue weighted by Crippen LogP contribution is 2.11. The van der Waals surface area contributed by atoms with Crippen LogP contribution in [0, 0.1) is 0 Å². The molecule has 2 aromatic rings. The number of aromatic nitrogens is 3. The fourth-order valence-corrected chi connectivity index (χ4v) is 2.71. The number of fused-ring (bicyclic) bond motifs is 1. The third kappa shape index (κ3) is 2.95. The van der Waals surface area contributed by atoms with Gasteiger partial charge in [-0.05, 0) is 37.0 Å². The molecule has 0 saturated carbocycles. The predicted molar refractivity (Wildman–Crippen MR) is 83.9 cm³/mol. The molecule has 0 radical (unpaired) electrons. The normalized spacial score (nSPS) is 13.7. The Labute approximate surface area is 128 Å². The first-order valence-electron chi connectivity index (χ1n) is 7.72. The minimum atomic E-state index is -0.234. The Kier molecular flexibility index (Phi) is 4.09. The first kappa shape index (κ1) is 14.6. The summed E-state index contributed by atoms with van der Waals surface area (Å²) in [6.45, 7) is 2.74. The summed E-state index contributed by atoms with van der Waals surface area (Å²) in [7, 11) is 0. The molecular formula is C16H20N4O2. The highest BCUT2D eigenvalue weighted by Gasteiger charge is 2.18. The molecular weight excluding hydrogens is 280 g/mol. The summed E-state index contributed by atoms with van der Waals surface area (Å²) in [5.74, 6) is 0.554. The lowest BCUT2D eigenvalue weighted by molar-refractivity contribution is -0.117. The summed E-state index contributed by atoms with van der Waals surface area (Å²) in [6.07, 6.45) is 3.81. The number of hydrogen-bond donors (Lipinski definition) is 1. The van der Waals surface area contributed by atoms with Crippen LogP contribution >= 0.6 is 0 Å². The van der Waals surface area contributed by atoms with E-state index in [9.17, 15) is 9.59 Å². The van der Waals surface area contributed by atoms with Crippen molar-refractivity contribution in [2.45, 2.75) is 45.7 Å². The molecule has 0 saturated heterocycles. The average Bonchev–Trinajstić information content (AvgIpc) is 2.84. The maximum Gasteiger partial charge on any atom is 0.346 e. The topological polar surface area (TPSA) is 68.9 Å². The summed E-state index contributed by atoms with van der Waals surface area (Å²) in [6, 6.07) is 7.71. The molecule has 116 valence electrons. The molecule has 1 aliphatic heterocycles. The summed E-state index contributed by atoms with van der Waals surface area (Å²) in [4.78, 5) is 24.2. The minimum Gasteiger partial charge on any atom is -0.324 e. The zero-order valence-corrected chi connectivity index (χ0v) is 12.7. The molecule has 6 heteroatoms. The van der Waals surface area contributed by atoms with Crippen LogP contribution in [0.3, 0.4) is 0 Å². The largest absolute Gasteiger partial charge is 0.346 e. The molecule has 6 nitrogen and oxygen atoms in total. The SMILES string of the molecule is CCc1ccc(NC(=O)Cn2nc3n(c2=O)CCCC3)cc1. The van der Waals surface area contributed by atoms with Crippen LogP contribution in [-0.4, -0.2) is 20.3 Å². The number of amides is 1. The molecule has 1 aliphatic rings. The van der Waals surface area contributed by atoms with Crippen molar-refractivity contribution in [3.63, 3.8) is 0 Å². The summed E-state index contributed by atoms with van der Waals surface area (Å²) >= 11 is 0. The van der Waals surface area contributed by atoms with Crippen molar-refractivity contribution < 1.29 is 4.79 Å². The second-order valence-corrected chi connectivity index (χ2v) is 5.56. The van der Waals surface area contributed by atoms with Crippen LogP contribution in [0.5, 0.6) is 0 Å². The number of nitrogens with one attached hydrogen (secondary N) is 1. The third-order valence-electron chi connectivity index (χ3n) is 3.97. The Hall–Kier alpha value is -2.37. The lowest BCUT2D eigenvalue weighted by Crippen LogP contribution is -2.30. The molecule has 3 rings (SSSR count). The maximum atomic E-state index is 12.2. The van der Waals surface area contributed by atoms with Crippen LogP contribution < -0.4 is 11.0 Å². The zero-order valence-electron chi connectivity index (χ0n) is 12.7. The molecule has 0 atom stereocenters. The van der Waals surface area contributed by atoms with E-state index in [1.54, 1.807) is 4.57 Å². The van der Waals surface area contributed by atoms with E-state index in [2.05, 4.69) is 17.3 Å². The van der Waals surface area contributed by atoms with Crippen molar-refractivity contribution in [2.75, 3.05) is 5.32 Å². The van der Waals surface area contributed by atoms with Crippen molar-refractivity contribution >= 4 is 11.6 Å². The van der Waals surface area contributed by atoms with Gasteiger partial charge in [-0.1, -0.05) is 19.1 Å². The molecule has 0 spiro atoms. The van der Waals surface area contributed by atoms with E-state index in [0.29, 0.717) is 6.54 Å². The molecule has 0 aliphatic carbocycles. The second kappa shape index (κ2) is 6.17. The van der Waals surface area contributed by atoms with Gasteiger partial charge >= 0.3 is 5.69 Å². The van der Waals surface area contributed by atoms with Crippen LogP contribution in [0.15, 0.2) is 29.1 Å². The van der Waals surface area contributed by atoms with Gasteiger partial charge in [-0.25, -0.2) is 9.48 Å². The lowest BCUT2D eigenvalue weighted by atomic mass is 10.1. The number of rotatable bonds is 4. The fraction of sp³-hybridized carbons (Fsp3) is 0.438. The van der Waals surface area contributed by atoms with Crippen molar-refractivity contribution in [1.29, 1.82) is 0 Å². The number of hydrogen-bond acceptors (Lipinski definition) is 3. The number of carbonyl (C=O) groups excluding carboxylic acids is 1. The number of nitrogens with zero attached hydrogens (tertiary/aromatic N) is 3. The average molecular weight is 300 g/mol. The molecule has 1 aromatic heterocycles. The van der Waals surface area contributed by atoms with Crippen LogP contribution in [0.2, 0.25) is 0 Å². The van der Waals surface area contributed by atoms with Crippen molar-refractivity contribution in [1.82, 2.24) is 14.3 Å². The maximum absolute atomic E-state index is 12.2. The number of aryl methyl sites for hydroxylation is 2. The van der Waals surface area contributed by atoms with E-state index in [1.807, 2.05) is 24.3 Å². The van der Waals surface area contributed by atoms with Gasteiger partial charge in [0, 0.05) is 18.7 Å². The van der Waals surface area contributed by atoms with E-state index in [1.165, 1.54) is 10.2 Å². The Bertz CT molecular complexity index is 728. The molecule has 1 N–H and O–H groups in total. The van der Waals surface area contributed by atoms with Gasteiger partial charge in [0.05, 0.1) is 0 Å². The Morgan fingerprint density at radius 2 is 2.05 bits per heavy atom. The molecule has 1 aromatic carbocycles. The van der Waals surface area contributed by atoms with Gasteiger partial charge in [-0.3, -0.25) is 9.36 Å². The van der Waals surface area contributed by atoms with Gasteiger partial charge < -0.3 is 5.32 Å². The van der Waals surface area contributed by atoms with E-state index in [0.717, 1.165) is 37.2 Å². The zero-order chi connectivity index (χ0) is 15.5. The lowest BCUT2D eigenvalue weighted by Gasteiger charge is -2.09. The van der Waals surface area contributed by atoms with Gasteiger partial charge in [0.1, 0.15) is 12.4 Å². The van der Waals surface area contributed by atoms with Gasteiger partial charge in [0.15, 0.2) is 0 Å². The van der Waals surface area contributed by atoms with E-state index in [-0.39, 0.29) is 18.1 Å². The third-order valence-corrected chi connectivity index (χ3v) is 3.97. The quantitative estimate of drug-likeness (QED) is 0.932. The molecule has 1 amide bonds. The Balaban J connectivity index is 1.69. The summed E-state index contributed by atoms with van der Waals surface area (Å²) < 4.78 is 2.93. The van der Waals surface area contributed by atoms with Crippen molar-refractivity contribution in [3.8, 4) is 0 Å². The van der Waals surface area contributed by atoms with Crippen LogP contribution in [0.25, 0.3) is 0 Å². The molecule has 0 bridgehead atoms. The molecule has 0 unspecified atom stereocenters. The smallest absolute Gasteiger partial charge is 0.324 e. The number of benzene rings is 1. The molecule has 2 heterocycles. The number of anilines is 1. The Morgan fingerprint density at radius 3 is 2.73 bits per heavy atom. The highest BCUT2D eigenvalue weighted by atomic mass is 16.2.